The van der Waals surface area contributed by atoms with Crippen LogP contribution < -0.4 is 26.2 Å². The fourth-order valence-electron chi connectivity index (χ4n) is 13.7. The maximum Gasteiger partial charge on any atom is 0.252 e. The lowest BCUT2D eigenvalue weighted by Gasteiger charge is -2.45. The Morgan fingerprint density at radius 3 is 0.987 bits per heavy atom. The fraction of sp³-hybridized carbons (Fsp3) is 0.368. The van der Waals surface area contributed by atoms with E-state index in [-0.39, 0.29) is 28.4 Å². The Hall–Kier alpha value is -6.58. The zero-order valence-corrected chi connectivity index (χ0v) is 49.8. The van der Waals surface area contributed by atoms with Crippen molar-refractivity contribution in [3.63, 3.8) is 0 Å². The van der Waals surface area contributed by atoms with Gasteiger partial charge in [-0.1, -0.05) is 219 Å². The molecule has 0 spiro atoms. The van der Waals surface area contributed by atoms with Crippen molar-refractivity contribution in [3.05, 3.63) is 197 Å². The van der Waals surface area contributed by atoms with E-state index in [4.69, 9.17) is 0 Å². The summed E-state index contributed by atoms with van der Waals surface area (Å²) in [6, 6.07) is 65.3. The lowest BCUT2D eigenvalue weighted by molar-refractivity contribution is 0.444. The summed E-state index contributed by atoms with van der Waals surface area (Å²) >= 11 is 0. The molecule has 0 bridgehead atoms. The third-order valence-electron chi connectivity index (χ3n) is 18.6. The highest BCUT2D eigenvalue weighted by Gasteiger charge is 2.45. The summed E-state index contributed by atoms with van der Waals surface area (Å²) in [4.78, 5) is 5.49. The molecule has 4 aliphatic rings. The van der Waals surface area contributed by atoms with Crippen LogP contribution in [0.25, 0.3) is 33.4 Å². The Bertz CT molecular complexity index is 3270. The average molecular weight is 1040 g/mol. The third-order valence-corrected chi connectivity index (χ3v) is 18.6. The minimum Gasteiger partial charge on any atom is -0.311 e. The van der Waals surface area contributed by atoms with Gasteiger partial charge in [-0.25, -0.2) is 0 Å². The van der Waals surface area contributed by atoms with Gasteiger partial charge in [0.15, 0.2) is 0 Å². The standard InChI is InChI=1S/C76H85BN2/c1-73(2,3)60-44-61(74(4,5)6)47-64(46-60)78-68-40-54(50-25-17-13-18-26-50)33-35-66(68)77-67-36-34-55(51-27-19-14-20-28-51)41-69(67)79(65-48-62(75(7,8)9)45-63(49-65)76(10,11)12)71-43-59(42-70(78)72(71)77)58-38-56(52-29-21-15-22-30-52)37-57(39-58)53-31-23-16-24-32-53/h15-16,21-24,29-51H,13-14,17-20,25-28H2,1-12H3. The molecule has 2 heterocycles. The predicted molar refractivity (Wildman–Crippen MR) is 343 cm³/mol. The highest BCUT2D eigenvalue weighted by atomic mass is 15.2. The summed E-state index contributed by atoms with van der Waals surface area (Å²) in [5.74, 6) is 1.12. The number of anilines is 6. The highest BCUT2D eigenvalue weighted by molar-refractivity contribution is 7.00. The molecule has 0 saturated heterocycles. The molecule has 0 aromatic heterocycles. The summed E-state index contributed by atoms with van der Waals surface area (Å²) in [5, 5.41) is 0. The number of fused-ring (bicyclic) bond motifs is 4. The van der Waals surface area contributed by atoms with E-state index in [1.807, 2.05) is 0 Å². The van der Waals surface area contributed by atoms with Crippen LogP contribution in [0.3, 0.4) is 0 Å². The first-order chi connectivity index (χ1) is 37.7. The molecule has 0 N–H and O–H groups in total. The van der Waals surface area contributed by atoms with Gasteiger partial charge in [0.2, 0.25) is 0 Å². The lowest BCUT2D eigenvalue weighted by atomic mass is 9.33. The van der Waals surface area contributed by atoms with Crippen molar-refractivity contribution in [2.75, 3.05) is 9.80 Å². The molecule has 8 aromatic rings. The van der Waals surface area contributed by atoms with Crippen molar-refractivity contribution in [2.24, 2.45) is 0 Å². The minimum atomic E-state index is -0.0668. The second-order valence-corrected chi connectivity index (χ2v) is 28.4. The highest BCUT2D eigenvalue weighted by Crippen LogP contribution is 2.51. The molecule has 12 rings (SSSR count). The summed E-state index contributed by atoms with van der Waals surface area (Å²) in [6.45, 7) is 28.7. The van der Waals surface area contributed by atoms with E-state index >= 15 is 0 Å². The molecule has 0 radical (unpaired) electrons. The van der Waals surface area contributed by atoms with Gasteiger partial charge in [0.05, 0.1) is 0 Å². The van der Waals surface area contributed by atoms with Crippen LogP contribution in [-0.2, 0) is 21.7 Å². The number of hydrogen-bond donors (Lipinski definition) is 0. The van der Waals surface area contributed by atoms with Crippen molar-refractivity contribution in [3.8, 4) is 33.4 Å². The Kier molecular flexibility index (Phi) is 13.6. The van der Waals surface area contributed by atoms with Crippen LogP contribution in [0.5, 0.6) is 0 Å². The number of nitrogens with zero attached hydrogens (tertiary/aromatic N) is 2. The van der Waals surface area contributed by atoms with E-state index in [9.17, 15) is 0 Å². The van der Waals surface area contributed by atoms with E-state index in [1.165, 1.54) is 181 Å². The smallest absolute Gasteiger partial charge is 0.252 e. The molecule has 0 atom stereocenters. The molecular formula is C76H85BN2. The third kappa shape index (κ3) is 10.2. The number of hydrogen-bond acceptors (Lipinski definition) is 2. The molecule has 2 nitrogen and oxygen atoms in total. The van der Waals surface area contributed by atoms with Gasteiger partial charge in [0, 0.05) is 34.1 Å². The molecule has 0 amide bonds. The van der Waals surface area contributed by atoms with Crippen LogP contribution in [0, 0.1) is 0 Å². The van der Waals surface area contributed by atoms with Gasteiger partial charge >= 0.3 is 0 Å². The van der Waals surface area contributed by atoms with Crippen molar-refractivity contribution in [1.82, 2.24) is 0 Å². The Morgan fingerprint density at radius 2 is 0.646 bits per heavy atom. The van der Waals surface area contributed by atoms with E-state index < -0.39 is 0 Å². The van der Waals surface area contributed by atoms with Gasteiger partial charge < -0.3 is 9.80 Å². The minimum absolute atomic E-state index is 0.0219. The van der Waals surface area contributed by atoms with Gasteiger partial charge in [0.1, 0.15) is 0 Å². The van der Waals surface area contributed by atoms with Crippen molar-refractivity contribution < 1.29 is 0 Å². The van der Waals surface area contributed by atoms with Gasteiger partial charge in [-0.2, -0.15) is 0 Å². The van der Waals surface area contributed by atoms with Crippen molar-refractivity contribution >= 4 is 57.2 Å². The molecule has 2 fully saturated rings. The van der Waals surface area contributed by atoms with Crippen molar-refractivity contribution in [2.45, 2.75) is 181 Å². The van der Waals surface area contributed by atoms with Crippen LogP contribution in [0.2, 0.25) is 0 Å². The summed E-state index contributed by atoms with van der Waals surface area (Å²) in [7, 11) is 0. The Morgan fingerprint density at radius 1 is 0.316 bits per heavy atom. The molecule has 2 aliphatic heterocycles. The fourth-order valence-corrected chi connectivity index (χ4v) is 13.7. The molecule has 402 valence electrons. The van der Waals surface area contributed by atoms with E-state index in [2.05, 4.69) is 257 Å². The van der Waals surface area contributed by atoms with Crippen LogP contribution in [0.4, 0.5) is 34.1 Å². The zero-order chi connectivity index (χ0) is 55.2. The first-order valence-electron chi connectivity index (χ1n) is 30.3. The van der Waals surface area contributed by atoms with Crippen molar-refractivity contribution in [1.29, 1.82) is 0 Å². The maximum atomic E-state index is 2.75. The molecule has 2 aliphatic carbocycles. The Labute approximate surface area is 475 Å². The number of rotatable bonds is 7. The van der Waals surface area contributed by atoms with E-state index in [1.54, 1.807) is 0 Å². The molecule has 0 unspecified atom stereocenters. The van der Waals surface area contributed by atoms with Crippen LogP contribution in [-0.4, -0.2) is 6.71 Å². The Balaban J connectivity index is 1.23. The SMILES string of the molecule is CC(C)(C)c1cc(N2c3cc(C4CCCCC4)ccc3B3c4ccc(C5CCCCC5)cc4N(c4cc(C(C)(C)C)cc(C(C)(C)C)c4)c4cc(-c5cc(-c6ccccc6)cc(-c6ccccc6)c5)cc2c43)cc(C(C)(C)C)c1. The summed E-state index contributed by atoms with van der Waals surface area (Å²) in [5.41, 5.74) is 27.4. The first kappa shape index (κ1) is 53.1. The molecule has 2 saturated carbocycles. The van der Waals surface area contributed by atoms with Gasteiger partial charge in [-0.3, -0.25) is 0 Å². The van der Waals surface area contributed by atoms with E-state index in [0.717, 1.165) is 0 Å². The molecular weight excluding hydrogens is 952 g/mol. The van der Waals surface area contributed by atoms with E-state index in [0.29, 0.717) is 11.8 Å². The van der Waals surface area contributed by atoms with Crippen LogP contribution in [0.15, 0.2) is 164 Å². The topological polar surface area (TPSA) is 6.48 Å². The van der Waals surface area contributed by atoms with Crippen LogP contribution in [0.1, 0.15) is 193 Å². The zero-order valence-electron chi connectivity index (χ0n) is 49.8. The molecule has 3 heteroatoms. The maximum absolute atomic E-state index is 2.75. The largest absolute Gasteiger partial charge is 0.311 e. The summed E-state index contributed by atoms with van der Waals surface area (Å²) < 4.78 is 0. The van der Waals surface area contributed by atoms with Crippen LogP contribution >= 0.6 is 0 Å². The van der Waals surface area contributed by atoms with Gasteiger partial charge in [-0.15, -0.1) is 0 Å². The normalized spacial score (nSPS) is 16.2. The first-order valence-corrected chi connectivity index (χ1v) is 30.3. The average Bonchev–Trinajstić information content (AvgIpc) is 3.63. The molecule has 79 heavy (non-hydrogen) atoms. The second kappa shape index (κ2) is 20.2. The quantitative estimate of drug-likeness (QED) is 0.147. The van der Waals surface area contributed by atoms with Gasteiger partial charge in [-0.05, 0) is 209 Å². The lowest BCUT2D eigenvalue weighted by Crippen LogP contribution is -2.61. The number of benzene rings is 8. The second-order valence-electron chi connectivity index (χ2n) is 28.4. The monoisotopic (exact) mass is 1040 g/mol. The van der Waals surface area contributed by atoms with Gasteiger partial charge in [0.25, 0.3) is 6.71 Å². The predicted octanol–water partition coefficient (Wildman–Crippen LogP) is 20.1. The molecule has 8 aromatic carbocycles. The summed E-state index contributed by atoms with van der Waals surface area (Å²) in [6.07, 6.45) is 12.9.